The first-order valence-corrected chi connectivity index (χ1v) is 5.87. The van der Waals surface area contributed by atoms with E-state index in [0.29, 0.717) is 26.1 Å². The zero-order chi connectivity index (χ0) is 12.5. The van der Waals surface area contributed by atoms with Gasteiger partial charge in [-0.2, -0.15) is 0 Å². The molecule has 2 aliphatic rings. The zero-order valence-electron chi connectivity index (χ0n) is 9.94. The number of likely N-dealkylation sites (N-methyl/N-ethyl adjacent to an activating group) is 1. The summed E-state index contributed by atoms with van der Waals surface area (Å²) in [5, 5.41) is 11.7. The highest BCUT2D eigenvalue weighted by Crippen LogP contribution is 2.45. The second-order valence-corrected chi connectivity index (χ2v) is 4.87. The van der Waals surface area contributed by atoms with Crippen molar-refractivity contribution in [2.75, 3.05) is 26.8 Å². The smallest absolute Gasteiger partial charge is 0.317 e. The van der Waals surface area contributed by atoms with Gasteiger partial charge < -0.3 is 20.1 Å². The second-order valence-electron chi connectivity index (χ2n) is 4.87. The summed E-state index contributed by atoms with van der Waals surface area (Å²) in [6.45, 7) is 1.47. The Bertz CT molecular complexity index is 321. The molecule has 1 saturated carbocycles. The summed E-state index contributed by atoms with van der Waals surface area (Å²) in [6, 6.07) is -0.108. The molecule has 1 atom stereocenters. The second kappa shape index (κ2) is 4.52. The van der Waals surface area contributed by atoms with E-state index in [1.54, 1.807) is 11.9 Å². The number of hydrogen-bond donors (Lipinski definition) is 2. The van der Waals surface area contributed by atoms with E-state index in [1.807, 2.05) is 0 Å². The van der Waals surface area contributed by atoms with Gasteiger partial charge >= 0.3 is 12.0 Å². The lowest BCUT2D eigenvalue weighted by Gasteiger charge is -2.24. The summed E-state index contributed by atoms with van der Waals surface area (Å²) in [4.78, 5) is 24.3. The van der Waals surface area contributed by atoms with Crippen LogP contribution < -0.4 is 5.32 Å². The fourth-order valence-corrected chi connectivity index (χ4v) is 1.98. The first kappa shape index (κ1) is 12.2. The SMILES string of the molecule is CN(C(=O)NCC1(C(=O)O)CC1)C1CCOC1. The van der Waals surface area contributed by atoms with Crippen LogP contribution in [0.4, 0.5) is 4.79 Å². The van der Waals surface area contributed by atoms with Crippen molar-refractivity contribution >= 4 is 12.0 Å². The van der Waals surface area contributed by atoms with Crippen molar-refractivity contribution in [3.63, 3.8) is 0 Å². The van der Waals surface area contributed by atoms with Gasteiger partial charge in [0.05, 0.1) is 18.1 Å². The number of urea groups is 1. The Kier molecular flexibility index (Phi) is 3.24. The monoisotopic (exact) mass is 242 g/mol. The van der Waals surface area contributed by atoms with Crippen molar-refractivity contribution in [1.82, 2.24) is 10.2 Å². The van der Waals surface area contributed by atoms with E-state index in [1.165, 1.54) is 0 Å². The van der Waals surface area contributed by atoms with Gasteiger partial charge in [0.25, 0.3) is 0 Å². The Morgan fingerprint density at radius 2 is 2.24 bits per heavy atom. The molecule has 1 aliphatic carbocycles. The number of aliphatic carboxylic acids is 1. The standard InChI is InChI=1S/C11H18N2O4/c1-13(8-2-5-17-6-8)10(16)12-7-11(3-4-11)9(14)15/h8H,2-7H2,1H3,(H,12,16)(H,14,15). The topological polar surface area (TPSA) is 78.9 Å². The maximum absolute atomic E-state index is 11.8. The highest BCUT2D eigenvalue weighted by Gasteiger charge is 2.50. The number of carbonyl (C=O) groups excluding carboxylic acids is 1. The predicted molar refractivity (Wildman–Crippen MR) is 59.7 cm³/mol. The van der Waals surface area contributed by atoms with Gasteiger partial charge in [-0.1, -0.05) is 0 Å². The number of nitrogens with zero attached hydrogens (tertiary/aromatic N) is 1. The Morgan fingerprint density at radius 1 is 1.53 bits per heavy atom. The molecule has 0 aromatic heterocycles. The molecule has 0 spiro atoms. The number of amides is 2. The summed E-state index contributed by atoms with van der Waals surface area (Å²) >= 11 is 0. The molecule has 1 unspecified atom stereocenters. The van der Waals surface area contributed by atoms with Crippen LogP contribution in [0.15, 0.2) is 0 Å². The predicted octanol–water partition coefficient (Wildman–Crippen LogP) is 0.281. The Balaban J connectivity index is 1.79. The normalized spacial score (nSPS) is 25.4. The Labute approximate surface area is 99.9 Å². The maximum Gasteiger partial charge on any atom is 0.317 e. The number of ether oxygens (including phenoxy) is 1. The lowest BCUT2D eigenvalue weighted by molar-refractivity contribution is -0.143. The average molecular weight is 242 g/mol. The molecule has 0 aromatic carbocycles. The highest BCUT2D eigenvalue weighted by molar-refractivity contribution is 5.80. The molecular formula is C11H18N2O4. The van der Waals surface area contributed by atoms with Crippen LogP contribution >= 0.6 is 0 Å². The Hall–Kier alpha value is -1.30. The van der Waals surface area contributed by atoms with E-state index in [9.17, 15) is 9.59 Å². The number of nitrogens with one attached hydrogen (secondary N) is 1. The minimum absolute atomic E-state index is 0.106. The molecule has 6 nitrogen and oxygen atoms in total. The molecule has 96 valence electrons. The van der Waals surface area contributed by atoms with E-state index in [0.717, 1.165) is 6.42 Å². The fourth-order valence-electron chi connectivity index (χ4n) is 1.98. The van der Waals surface area contributed by atoms with Gasteiger partial charge in [0.2, 0.25) is 0 Å². The van der Waals surface area contributed by atoms with Crippen LogP contribution in [-0.4, -0.2) is 54.9 Å². The van der Waals surface area contributed by atoms with Crippen molar-refractivity contribution < 1.29 is 19.4 Å². The molecular weight excluding hydrogens is 224 g/mol. The van der Waals surface area contributed by atoms with Gasteiger partial charge in [-0.3, -0.25) is 4.79 Å². The van der Waals surface area contributed by atoms with E-state index in [-0.39, 0.29) is 18.6 Å². The number of carbonyl (C=O) groups is 2. The van der Waals surface area contributed by atoms with Crippen LogP contribution in [0.25, 0.3) is 0 Å². The molecule has 2 rings (SSSR count). The van der Waals surface area contributed by atoms with Crippen LogP contribution in [0.3, 0.4) is 0 Å². The largest absolute Gasteiger partial charge is 0.481 e. The molecule has 0 radical (unpaired) electrons. The third kappa shape index (κ3) is 2.52. The first-order chi connectivity index (χ1) is 8.05. The number of rotatable bonds is 4. The van der Waals surface area contributed by atoms with Crippen LogP contribution in [-0.2, 0) is 9.53 Å². The number of carboxylic acids is 1. The van der Waals surface area contributed by atoms with Gasteiger partial charge in [0, 0.05) is 20.2 Å². The summed E-state index contributed by atoms with van der Waals surface area (Å²) in [5.41, 5.74) is -0.706. The van der Waals surface area contributed by atoms with Crippen LogP contribution in [0.5, 0.6) is 0 Å². The van der Waals surface area contributed by atoms with Crippen molar-refractivity contribution in [1.29, 1.82) is 0 Å². The summed E-state index contributed by atoms with van der Waals surface area (Å²) in [7, 11) is 1.72. The minimum Gasteiger partial charge on any atom is -0.481 e. The fraction of sp³-hybridized carbons (Fsp3) is 0.818. The molecule has 17 heavy (non-hydrogen) atoms. The lowest BCUT2D eigenvalue weighted by atomic mass is 10.1. The first-order valence-electron chi connectivity index (χ1n) is 5.87. The maximum atomic E-state index is 11.8. The van der Waals surface area contributed by atoms with Crippen molar-refractivity contribution in [3.05, 3.63) is 0 Å². The number of carboxylic acid groups (broad SMARTS) is 1. The highest BCUT2D eigenvalue weighted by atomic mass is 16.5. The van der Waals surface area contributed by atoms with Crippen LogP contribution in [0.1, 0.15) is 19.3 Å². The number of hydrogen-bond acceptors (Lipinski definition) is 3. The molecule has 1 heterocycles. The summed E-state index contributed by atoms with van der Waals surface area (Å²) in [6.07, 6.45) is 2.14. The molecule has 6 heteroatoms. The quantitative estimate of drug-likeness (QED) is 0.742. The minimum atomic E-state index is -0.815. The molecule has 0 aromatic rings. The van der Waals surface area contributed by atoms with E-state index >= 15 is 0 Å². The van der Waals surface area contributed by atoms with Crippen molar-refractivity contribution in [2.45, 2.75) is 25.3 Å². The lowest BCUT2D eigenvalue weighted by Crippen LogP contribution is -2.46. The van der Waals surface area contributed by atoms with Crippen LogP contribution in [0, 0.1) is 5.41 Å². The van der Waals surface area contributed by atoms with Crippen LogP contribution in [0.2, 0.25) is 0 Å². The van der Waals surface area contributed by atoms with Crippen molar-refractivity contribution in [2.24, 2.45) is 5.41 Å². The van der Waals surface area contributed by atoms with Crippen molar-refractivity contribution in [3.8, 4) is 0 Å². The van der Waals surface area contributed by atoms with Gasteiger partial charge in [-0.15, -0.1) is 0 Å². The van der Waals surface area contributed by atoms with E-state index in [4.69, 9.17) is 9.84 Å². The summed E-state index contributed by atoms with van der Waals surface area (Å²) in [5.74, 6) is -0.815. The van der Waals surface area contributed by atoms with E-state index < -0.39 is 11.4 Å². The molecule has 2 amide bonds. The molecule has 1 saturated heterocycles. The van der Waals surface area contributed by atoms with Gasteiger partial charge in [-0.25, -0.2) is 4.79 Å². The average Bonchev–Trinajstić information content (AvgIpc) is 2.91. The molecule has 1 aliphatic heterocycles. The molecule has 2 fully saturated rings. The third-order valence-electron chi connectivity index (χ3n) is 3.66. The van der Waals surface area contributed by atoms with Gasteiger partial charge in [0.15, 0.2) is 0 Å². The Morgan fingerprint density at radius 3 is 2.71 bits per heavy atom. The zero-order valence-corrected chi connectivity index (χ0v) is 9.94. The molecule has 2 N–H and O–H groups in total. The summed E-state index contributed by atoms with van der Waals surface area (Å²) < 4.78 is 5.21. The van der Waals surface area contributed by atoms with Gasteiger partial charge in [-0.05, 0) is 19.3 Å². The third-order valence-corrected chi connectivity index (χ3v) is 3.66. The van der Waals surface area contributed by atoms with Gasteiger partial charge in [0.1, 0.15) is 0 Å². The van der Waals surface area contributed by atoms with E-state index in [2.05, 4.69) is 5.32 Å². The molecule has 0 bridgehead atoms.